The molecule has 0 atom stereocenters. The van der Waals surface area contributed by atoms with E-state index in [1.165, 1.54) is 0 Å². The van der Waals surface area contributed by atoms with Gasteiger partial charge in [0.2, 0.25) is 5.91 Å². The lowest BCUT2D eigenvalue weighted by atomic mass is 10.1. The smallest absolute Gasteiger partial charge is 0.224 e. The average Bonchev–Trinajstić information content (AvgIpc) is 2.55. The second kappa shape index (κ2) is 8.22. The molecule has 1 amide bonds. The molecule has 0 heterocycles. The van der Waals surface area contributed by atoms with Crippen molar-refractivity contribution >= 4 is 5.91 Å². The van der Waals surface area contributed by atoms with E-state index >= 15 is 0 Å². The highest BCUT2D eigenvalue weighted by atomic mass is 16.5. The Bertz CT molecular complexity index is 667. The van der Waals surface area contributed by atoms with Crippen molar-refractivity contribution in [3.63, 3.8) is 0 Å². The van der Waals surface area contributed by atoms with Crippen LogP contribution in [0.3, 0.4) is 0 Å². The Morgan fingerprint density at radius 3 is 2.57 bits per heavy atom. The summed E-state index contributed by atoms with van der Waals surface area (Å²) in [5.41, 5.74) is 3.17. The first-order valence-electron chi connectivity index (χ1n) is 7.65. The van der Waals surface area contributed by atoms with E-state index in [0.717, 1.165) is 34.6 Å². The number of amides is 1. The lowest BCUT2D eigenvalue weighted by Crippen LogP contribution is -2.27. The molecule has 0 aliphatic rings. The number of ether oxygens (including phenoxy) is 2. The van der Waals surface area contributed by atoms with Crippen LogP contribution in [0.2, 0.25) is 0 Å². The molecule has 2 rings (SSSR count). The zero-order chi connectivity index (χ0) is 16.7. The van der Waals surface area contributed by atoms with Crippen LogP contribution in [0.15, 0.2) is 42.5 Å². The Hall–Kier alpha value is -2.49. The molecule has 2 aromatic rings. The summed E-state index contributed by atoms with van der Waals surface area (Å²) in [5, 5.41) is 2.95. The van der Waals surface area contributed by atoms with E-state index in [1.807, 2.05) is 49.4 Å². The van der Waals surface area contributed by atoms with Crippen molar-refractivity contribution in [1.29, 1.82) is 0 Å². The van der Waals surface area contributed by atoms with Crippen LogP contribution in [-0.2, 0) is 17.6 Å². The summed E-state index contributed by atoms with van der Waals surface area (Å²) in [7, 11) is 3.30. The van der Waals surface area contributed by atoms with E-state index in [-0.39, 0.29) is 5.91 Å². The van der Waals surface area contributed by atoms with Gasteiger partial charge >= 0.3 is 0 Å². The van der Waals surface area contributed by atoms with E-state index in [2.05, 4.69) is 5.32 Å². The lowest BCUT2D eigenvalue weighted by Gasteiger charge is -2.09. The molecule has 122 valence electrons. The molecule has 0 spiro atoms. The Labute approximate surface area is 137 Å². The zero-order valence-electron chi connectivity index (χ0n) is 13.9. The Morgan fingerprint density at radius 1 is 1.04 bits per heavy atom. The summed E-state index contributed by atoms with van der Waals surface area (Å²) in [4.78, 5) is 12.0. The second-order valence-corrected chi connectivity index (χ2v) is 5.43. The maximum absolute atomic E-state index is 12.0. The highest BCUT2D eigenvalue weighted by Crippen LogP contribution is 2.18. The van der Waals surface area contributed by atoms with Crippen LogP contribution < -0.4 is 14.8 Å². The first-order valence-corrected chi connectivity index (χ1v) is 7.65. The minimum atomic E-state index is 0.0254. The fourth-order valence-electron chi connectivity index (χ4n) is 2.47. The minimum absolute atomic E-state index is 0.0254. The Kier molecular flexibility index (Phi) is 6.03. The molecule has 2 aromatic carbocycles. The van der Waals surface area contributed by atoms with Crippen molar-refractivity contribution in [3.8, 4) is 11.5 Å². The largest absolute Gasteiger partial charge is 0.497 e. The van der Waals surface area contributed by atoms with Crippen LogP contribution >= 0.6 is 0 Å². The summed E-state index contributed by atoms with van der Waals surface area (Å²) >= 11 is 0. The lowest BCUT2D eigenvalue weighted by molar-refractivity contribution is -0.120. The van der Waals surface area contributed by atoms with Gasteiger partial charge in [-0.15, -0.1) is 0 Å². The van der Waals surface area contributed by atoms with Crippen LogP contribution in [0.5, 0.6) is 11.5 Å². The summed E-state index contributed by atoms with van der Waals surface area (Å²) in [6.07, 6.45) is 1.16. The van der Waals surface area contributed by atoms with E-state index in [0.29, 0.717) is 13.0 Å². The predicted molar refractivity (Wildman–Crippen MR) is 91.1 cm³/mol. The van der Waals surface area contributed by atoms with Gasteiger partial charge in [-0.3, -0.25) is 4.79 Å². The van der Waals surface area contributed by atoms with Gasteiger partial charge in [-0.1, -0.05) is 24.3 Å². The number of hydrogen-bond acceptors (Lipinski definition) is 3. The Balaban J connectivity index is 1.82. The van der Waals surface area contributed by atoms with Crippen molar-refractivity contribution < 1.29 is 14.3 Å². The van der Waals surface area contributed by atoms with Crippen molar-refractivity contribution in [2.24, 2.45) is 0 Å². The molecule has 0 saturated carbocycles. The number of rotatable bonds is 7. The number of carbonyl (C=O) groups excluding carboxylic acids is 1. The van der Waals surface area contributed by atoms with Gasteiger partial charge in [0.25, 0.3) is 0 Å². The third-order valence-corrected chi connectivity index (χ3v) is 3.69. The maximum atomic E-state index is 12.0. The number of hydrogen-bond donors (Lipinski definition) is 1. The topological polar surface area (TPSA) is 47.6 Å². The van der Waals surface area contributed by atoms with Crippen LogP contribution in [0.1, 0.15) is 16.7 Å². The molecule has 0 fully saturated rings. The fraction of sp³-hybridized carbons (Fsp3) is 0.316. The van der Waals surface area contributed by atoms with Gasteiger partial charge in [0, 0.05) is 6.54 Å². The molecule has 0 aliphatic heterocycles. The first-order chi connectivity index (χ1) is 11.1. The van der Waals surface area contributed by atoms with Crippen LogP contribution in [0.4, 0.5) is 0 Å². The van der Waals surface area contributed by atoms with Crippen LogP contribution in [0, 0.1) is 6.92 Å². The molecule has 0 aliphatic carbocycles. The molecule has 0 bridgehead atoms. The van der Waals surface area contributed by atoms with Gasteiger partial charge in [-0.25, -0.2) is 0 Å². The number of benzene rings is 2. The van der Waals surface area contributed by atoms with Crippen LogP contribution in [0.25, 0.3) is 0 Å². The van der Waals surface area contributed by atoms with Gasteiger partial charge in [0.1, 0.15) is 11.5 Å². The van der Waals surface area contributed by atoms with Gasteiger partial charge in [-0.2, -0.15) is 0 Å². The van der Waals surface area contributed by atoms with E-state index in [9.17, 15) is 4.79 Å². The summed E-state index contributed by atoms with van der Waals surface area (Å²) < 4.78 is 10.4. The molecular formula is C19H23NO3. The monoisotopic (exact) mass is 313 g/mol. The average molecular weight is 313 g/mol. The third kappa shape index (κ3) is 5.02. The second-order valence-electron chi connectivity index (χ2n) is 5.43. The quantitative estimate of drug-likeness (QED) is 0.855. The van der Waals surface area contributed by atoms with Gasteiger partial charge in [0.15, 0.2) is 0 Å². The van der Waals surface area contributed by atoms with Crippen molar-refractivity contribution in [2.45, 2.75) is 19.8 Å². The standard InChI is InChI=1S/C19H23NO3/c1-14-11-16(7-8-18(14)23-3)13-19(21)20-10-9-15-5-4-6-17(12-15)22-2/h4-8,11-12H,9-10,13H2,1-3H3,(H,20,21). The number of methoxy groups -OCH3 is 2. The molecular weight excluding hydrogens is 290 g/mol. The van der Waals surface area contributed by atoms with Crippen molar-refractivity contribution in [2.75, 3.05) is 20.8 Å². The molecule has 1 N–H and O–H groups in total. The third-order valence-electron chi connectivity index (χ3n) is 3.69. The number of aryl methyl sites for hydroxylation is 1. The zero-order valence-corrected chi connectivity index (χ0v) is 13.9. The van der Waals surface area contributed by atoms with Gasteiger partial charge in [0.05, 0.1) is 20.6 Å². The van der Waals surface area contributed by atoms with Crippen molar-refractivity contribution in [3.05, 3.63) is 59.2 Å². The molecule has 23 heavy (non-hydrogen) atoms. The van der Waals surface area contributed by atoms with Crippen molar-refractivity contribution in [1.82, 2.24) is 5.32 Å². The molecule has 4 nitrogen and oxygen atoms in total. The molecule has 4 heteroatoms. The summed E-state index contributed by atoms with van der Waals surface area (Å²) in [6.45, 7) is 2.59. The van der Waals surface area contributed by atoms with E-state index in [4.69, 9.17) is 9.47 Å². The van der Waals surface area contributed by atoms with Gasteiger partial charge < -0.3 is 14.8 Å². The highest BCUT2D eigenvalue weighted by Gasteiger charge is 2.06. The highest BCUT2D eigenvalue weighted by molar-refractivity contribution is 5.78. The normalized spacial score (nSPS) is 10.2. The maximum Gasteiger partial charge on any atom is 0.224 e. The van der Waals surface area contributed by atoms with Crippen LogP contribution in [-0.4, -0.2) is 26.7 Å². The fourth-order valence-corrected chi connectivity index (χ4v) is 2.47. The minimum Gasteiger partial charge on any atom is -0.497 e. The van der Waals surface area contributed by atoms with E-state index in [1.54, 1.807) is 14.2 Å². The summed E-state index contributed by atoms with van der Waals surface area (Å²) in [6, 6.07) is 13.7. The van der Waals surface area contributed by atoms with Gasteiger partial charge in [-0.05, 0) is 48.2 Å². The number of nitrogens with one attached hydrogen (secondary N) is 1. The number of carbonyl (C=O) groups is 1. The molecule has 0 aromatic heterocycles. The summed E-state index contributed by atoms with van der Waals surface area (Å²) in [5.74, 6) is 1.70. The Morgan fingerprint density at radius 2 is 1.87 bits per heavy atom. The SMILES string of the molecule is COc1cccc(CCNC(=O)Cc2ccc(OC)c(C)c2)c1. The van der Waals surface area contributed by atoms with E-state index < -0.39 is 0 Å². The molecule has 0 saturated heterocycles. The predicted octanol–water partition coefficient (Wildman–Crippen LogP) is 2.91. The molecule has 0 unspecified atom stereocenters. The first kappa shape index (κ1) is 16.9. The molecule has 0 radical (unpaired) electrons.